The summed E-state index contributed by atoms with van der Waals surface area (Å²) in [6.07, 6.45) is 5.60. The quantitative estimate of drug-likeness (QED) is 0.554. The summed E-state index contributed by atoms with van der Waals surface area (Å²) in [6.45, 7) is 2.16. The highest BCUT2D eigenvalue weighted by atomic mass is 16.3. The van der Waals surface area contributed by atoms with Crippen molar-refractivity contribution >= 4 is 0 Å². The van der Waals surface area contributed by atoms with Gasteiger partial charge in [0.15, 0.2) is 0 Å². The van der Waals surface area contributed by atoms with E-state index in [-0.39, 0.29) is 6.61 Å². The molecule has 1 heterocycles. The summed E-state index contributed by atoms with van der Waals surface area (Å²) in [5.41, 5.74) is -0.416. The lowest BCUT2D eigenvalue weighted by Crippen LogP contribution is -2.41. The Bertz CT molecular complexity index is 133. The lowest BCUT2D eigenvalue weighted by molar-refractivity contribution is 0.0000819. The van der Waals surface area contributed by atoms with Crippen LogP contribution in [0, 0.1) is 0 Å². The molecule has 0 spiro atoms. The van der Waals surface area contributed by atoms with Crippen molar-refractivity contribution in [3.63, 3.8) is 0 Å². The Morgan fingerprint density at radius 1 is 1.08 bits per heavy atom. The Morgan fingerprint density at radius 2 is 1.77 bits per heavy atom. The number of rotatable bonds is 5. The zero-order valence-electron chi connectivity index (χ0n) is 8.26. The molecular weight excluding hydrogens is 166 g/mol. The average molecular weight is 187 g/mol. The second-order valence-electron chi connectivity index (χ2n) is 4.01. The van der Waals surface area contributed by atoms with Crippen LogP contribution >= 0.6 is 0 Å². The van der Waals surface area contributed by atoms with Crippen LogP contribution in [0.15, 0.2) is 0 Å². The largest absolute Gasteiger partial charge is 0.396 e. The number of piperidine rings is 1. The first-order chi connectivity index (χ1) is 6.27. The van der Waals surface area contributed by atoms with E-state index in [2.05, 4.69) is 5.32 Å². The van der Waals surface area contributed by atoms with E-state index >= 15 is 0 Å². The van der Waals surface area contributed by atoms with E-state index in [0.717, 1.165) is 51.6 Å². The van der Waals surface area contributed by atoms with Gasteiger partial charge in [-0.15, -0.1) is 0 Å². The van der Waals surface area contributed by atoms with Gasteiger partial charge in [0.25, 0.3) is 0 Å². The van der Waals surface area contributed by atoms with E-state index in [9.17, 15) is 5.11 Å². The molecule has 1 aliphatic rings. The first-order valence-electron chi connectivity index (χ1n) is 5.31. The van der Waals surface area contributed by atoms with Crippen molar-refractivity contribution in [1.82, 2.24) is 5.32 Å². The molecule has 0 aromatic rings. The lowest BCUT2D eigenvalue weighted by atomic mass is 9.87. The number of hydrogen-bond acceptors (Lipinski definition) is 3. The topological polar surface area (TPSA) is 52.5 Å². The Hall–Kier alpha value is -0.120. The molecule has 1 saturated heterocycles. The van der Waals surface area contributed by atoms with Gasteiger partial charge < -0.3 is 15.5 Å². The Balaban J connectivity index is 2.10. The normalized spacial score (nSPS) is 21.7. The Labute approximate surface area is 80.2 Å². The molecule has 3 N–H and O–H groups in total. The Morgan fingerprint density at radius 3 is 2.38 bits per heavy atom. The third kappa shape index (κ3) is 4.07. The molecule has 1 rings (SSSR count). The maximum Gasteiger partial charge on any atom is 0.0672 e. The standard InChI is InChI=1S/C10H21NO2/c12-9-3-1-2-4-10(13)5-7-11-8-6-10/h11-13H,1-9H2. The van der Waals surface area contributed by atoms with Crippen molar-refractivity contribution < 1.29 is 10.2 Å². The summed E-state index contributed by atoms with van der Waals surface area (Å²) >= 11 is 0. The van der Waals surface area contributed by atoms with Gasteiger partial charge >= 0.3 is 0 Å². The fourth-order valence-electron chi connectivity index (χ4n) is 1.88. The van der Waals surface area contributed by atoms with Gasteiger partial charge in [-0.2, -0.15) is 0 Å². The van der Waals surface area contributed by atoms with E-state index in [0.29, 0.717) is 0 Å². The predicted molar refractivity (Wildman–Crippen MR) is 52.6 cm³/mol. The third-order valence-corrected chi connectivity index (χ3v) is 2.83. The maximum atomic E-state index is 10.1. The minimum Gasteiger partial charge on any atom is -0.396 e. The molecule has 0 atom stereocenters. The molecule has 0 aromatic heterocycles. The van der Waals surface area contributed by atoms with Crippen LogP contribution in [-0.4, -0.2) is 35.5 Å². The minimum atomic E-state index is -0.416. The van der Waals surface area contributed by atoms with Gasteiger partial charge in [-0.3, -0.25) is 0 Å². The van der Waals surface area contributed by atoms with Crippen molar-refractivity contribution in [3.8, 4) is 0 Å². The van der Waals surface area contributed by atoms with Crippen LogP contribution in [0.2, 0.25) is 0 Å². The van der Waals surface area contributed by atoms with Gasteiger partial charge in [-0.1, -0.05) is 12.8 Å². The maximum absolute atomic E-state index is 10.1. The van der Waals surface area contributed by atoms with E-state index in [1.807, 2.05) is 0 Å². The van der Waals surface area contributed by atoms with Gasteiger partial charge in [-0.05, 0) is 38.8 Å². The molecule has 0 bridgehead atoms. The molecule has 3 heteroatoms. The van der Waals surface area contributed by atoms with Crippen LogP contribution in [-0.2, 0) is 0 Å². The summed E-state index contributed by atoms with van der Waals surface area (Å²) in [6, 6.07) is 0. The summed E-state index contributed by atoms with van der Waals surface area (Å²) in [4.78, 5) is 0. The molecule has 0 radical (unpaired) electrons. The van der Waals surface area contributed by atoms with Crippen molar-refractivity contribution in [2.45, 2.75) is 44.1 Å². The fraction of sp³-hybridized carbons (Fsp3) is 1.00. The van der Waals surface area contributed by atoms with Gasteiger partial charge in [0.2, 0.25) is 0 Å². The van der Waals surface area contributed by atoms with Gasteiger partial charge in [-0.25, -0.2) is 0 Å². The van der Waals surface area contributed by atoms with Crippen molar-refractivity contribution in [1.29, 1.82) is 0 Å². The van der Waals surface area contributed by atoms with Crippen LogP contribution in [0.25, 0.3) is 0 Å². The first-order valence-corrected chi connectivity index (χ1v) is 5.31. The van der Waals surface area contributed by atoms with Crippen molar-refractivity contribution in [2.24, 2.45) is 0 Å². The monoisotopic (exact) mass is 187 g/mol. The number of unbranched alkanes of at least 4 members (excludes halogenated alkanes) is 2. The SMILES string of the molecule is OCCCCCC1(O)CCNCC1. The molecule has 0 unspecified atom stereocenters. The number of aliphatic hydroxyl groups is 2. The van der Waals surface area contributed by atoms with Gasteiger partial charge in [0, 0.05) is 6.61 Å². The van der Waals surface area contributed by atoms with Gasteiger partial charge in [0.05, 0.1) is 5.60 Å². The van der Waals surface area contributed by atoms with Crippen LogP contribution < -0.4 is 5.32 Å². The highest BCUT2D eigenvalue weighted by Gasteiger charge is 2.27. The number of aliphatic hydroxyl groups excluding tert-OH is 1. The van der Waals surface area contributed by atoms with Crippen molar-refractivity contribution in [2.75, 3.05) is 19.7 Å². The third-order valence-electron chi connectivity index (χ3n) is 2.83. The van der Waals surface area contributed by atoms with Gasteiger partial charge in [0.1, 0.15) is 0 Å². The summed E-state index contributed by atoms with van der Waals surface area (Å²) in [5, 5.41) is 21.9. The zero-order valence-corrected chi connectivity index (χ0v) is 8.26. The molecule has 3 nitrogen and oxygen atoms in total. The molecule has 1 fully saturated rings. The molecule has 0 aromatic carbocycles. The molecule has 13 heavy (non-hydrogen) atoms. The molecule has 0 amide bonds. The number of nitrogens with one attached hydrogen (secondary N) is 1. The van der Waals surface area contributed by atoms with E-state index < -0.39 is 5.60 Å². The summed E-state index contributed by atoms with van der Waals surface area (Å²) in [7, 11) is 0. The smallest absolute Gasteiger partial charge is 0.0672 e. The highest BCUT2D eigenvalue weighted by molar-refractivity contribution is 4.83. The second kappa shape index (κ2) is 5.58. The molecule has 78 valence electrons. The predicted octanol–water partition coefficient (Wildman–Crippen LogP) is 0.654. The second-order valence-corrected chi connectivity index (χ2v) is 4.01. The van der Waals surface area contributed by atoms with Crippen LogP contribution in [0.4, 0.5) is 0 Å². The van der Waals surface area contributed by atoms with E-state index in [1.165, 1.54) is 0 Å². The average Bonchev–Trinajstić information content (AvgIpc) is 2.14. The first kappa shape index (κ1) is 11.0. The lowest BCUT2D eigenvalue weighted by Gasteiger charge is -2.32. The van der Waals surface area contributed by atoms with Crippen molar-refractivity contribution in [3.05, 3.63) is 0 Å². The number of hydrogen-bond donors (Lipinski definition) is 3. The fourth-order valence-corrected chi connectivity index (χ4v) is 1.88. The van der Waals surface area contributed by atoms with E-state index in [1.54, 1.807) is 0 Å². The molecule has 0 saturated carbocycles. The molecule has 0 aliphatic carbocycles. The Kier molecular flexibility index (Phi) is 4.70. The van der Waals surface area contributed by atoms with E-state index in [4.69, 9.17) is 5.11 Å². The summed E-state index contributed by atoms with van der Waals surface area (Å²) in [5.74, 6) is 0. The van der Waals surface area contributed by atoms with Crippen LogP contribution in [0.5, 0.6) is 0 Å². The zero-order chi connectivity index (χ0) is 9.57. The van der Waals surface area contributed by atoms with Crippen LogP contribution in [0.3, 0.4) is 0 Å². The summed E-state index contributed by atoms with van der Waals surface area (Å²) < 4.78 is 0. The molecular formula is C10H21NO2. The molecule has 1 aliphatic heterocycles. The van der Waals surface area contributed by atoms with Crippen LogP contribution in [0.1, 0.15) is 38.5 Å². The minimum absolute atomic E-state index is 0.278. The highest BCUT2D eigenvalue weighted by Crippen LogP contribution is 2.24.